The van der Waals surface area contributed by atoms with Crippen LogP contribution in [0.5, 0.6) is 0 Å². The zero-order valence-corrected chi connectivity index (χ0v) is 11.0. The van der Waals surface area contributed by atoms with E-state index in [0.717, 1.165) is 18.8 Å². The Labute approximate surface area is 100 Å². The van der Waals surface area contributed by atoms with Gasteiger partial charge in [0.15, 0.2) is 0 Å². The fraction of sp³-hybridized carbons (Fsp3) is 0.917. The summed E-state index contributed by atoms with van der Waals surface area (Å²) in [5, 5.41) is 0.253. The van der Waals surface area contributed by atoms with E-state index in [1.54, 1.807) is 0 Å². The van der Waals surface area contributed by atoms with Crippen LogP contribution in [0, 0.1) is 11.8 Å². The van der Waals surface area contributed by atoms with Gasteiger partial charge in [-0.3, -0.25) is 9.00 Å². The van der Waals surface area contributed by atoms with E-state index < -0.39 is 10.8 Å². The minimum Gasteiger partial charge on any atom is -0.340 e. The highest BCUT2D eigenvalue weighted by atomic mass is 32.2. The molecule has 1 amide bonds. The molecule has 1 atom stereocenters. The lowest BCUT2D eigenvalue weighted by Crippen LogP contribution is -2.57. The number of hydrogen-bond donors (Lipinski definition) is 0. The Morgan fingerprint density at radius 2 is 2.00 bits per heavy atom. The first-order valence-corrected chi connectivity index (χ1v) is 7.62. The van der Waals surface area contributed by atoms with Crippen molar-refractivity contribution in [2.75, 3.05) is 18.8 Å². The summed E-state index contributed by atoms with van der Waals surface area (Å²) >= 11 is 0. The lowest BCUT2D eigenvalue weighted by molar-refractivity contribution is -0.137. The third-order valence-corrected chi connectivity index (χ3v) is 5.49. The molecular weight excluding hydrogens is 222 g/mol. The molecule has 2 aliphatic rings. The molecule has 0 aromatic heterocycles. The molecule has 92 valence electrons. The quantitative estimate of drug-likeness (QED) is 0.748. The number of carbonyl (C=O) groups excluding carboxylic acids is 1. The van der Waals surface area contributed by atoms with Gasteiger partial charge >= 0.3 is 0 Å². The molecule has 1 saturated carbocycles. The molecule has 0 N–H and O–H groups in total. The highest BCUT2D eigenvalue weighted by Gasteiger charge is 2.36. The summed E-state index contributed by atoms with van der Waals surface area (Å²) < 4.78 is 11.9. The van der Waals surface area contributed by atoms with E-state index >= 15 is 0 Å². The first-order valence-electron chi connectivity index (χ1n) is 6.24. The van der Waals surface area contributed by atoms with E-state index in [-0.39, 0.29) is 17.1 Å². The van der Waals surface area contributed by atoms with Crippen molar-refractivity contribution in [1.29, 1.82) is 0 Å². The van der Waals surface area contributed by atoms with Crippen LogP contribution < -0.4 is 0 Å². The Morgan fingerprint density at radius 3 is 2.44 bits per heavy atom. The summed E-state index contributed by atoms with van der Waals surface area (Å²) in [6, 6.07) is 0. The van der Waals surface area contributed by atoms with Crippen molar-refractivity contribution in [3.8, 4) is 0 Å². The zero-order chi connectivity index (χ0) is 11.7. The Morgan fingerprint density at radius 1 is 1.38 bits per heavy atom. The Balaban J connectivity index is 1.70. The van der Waals surface area contributed by atoms with Crippen LogP contribution in [0.15, 0.2) is 0 Å². The van der Waals surface area contributed by atoms with Crippen molar-refractivity contribution in [3.63, 3.8) is 0 Å². The Kier molecular flexibility index (Phi) is 3.67. The smallest absolute Gasteiger partial charge is 0.225 e. The fourth-order valence-corrected chi connectivity index (χ4v) is 3.94. The number of amides is 1. The summed E-state index contributed by atoms with van der Waals surface area (Å²) in [5.41, 5.74) is 0. The summed E-state index contributed by atoms with van der Waals surface area (Å²) in [7, 11) is -0.701. The second-order valence-corrected chi connectivity index (χ2v) is 7.13. The van der Waals surface area contributed by atoms with Crippen LogP contribution in [0.3, 0.4) is 0 Å². The van der Waals surface area contributed by atoms with Gasteiger partial charge < -0.3 is 4.90 Å². The van der Waals surface area contributed by atoms with Crippen LogP contribution in [-0.2, 0) is 15.6 Å². The van der Waals surface area contributed by atoms with Gasteiger partial charge in [0, 0.05) is 35.6 Å². The van der Waals surface area contributed by atoms with E-state index in [9.17, 15) is 9.00 Å². The molecule has 0 aromatic carbocycles. The van der Waals surface area contributed by atoms with Gasteiger partial charge in [-0.1, -0.05) is 20.3 Å². The SMILES string of the molecule is CC(C)C(=O)N1CC(S(=O)CC2CCC2)C1. The molecule has 2 fully saturated rings. The summed E-state index contributed by atoms with van der Waals surface area (Å²) in [6.07, 6.45) is 3.82. The van der Waals surface area contributed by atoms with Gasteiger partial charge in [0.25, 0.3) is 0 Å². The van der Waals surface area contributed by atoms with Gasteiger partial charge in [-0.2, -0.15) is 0 Å². The van der Waals surface area contributed by atoms with E-state index in [4.69, 9.17) is 0 Å². The fourth-order valence-electron chi connectivity index (χ4n) is 2.18. The van der Waals surface area contributed by atoms with Crippen molar-refractivity contribution in [2.24, 2.45) is 11.8 Å². The van der Waals surface area contributed by atoms with E-state index in [2.05, 4.69) is 0 Å². The van der Waals surface area contributed by atoms with Crippen molar-refractivity contribution in [3.05, 3.63) is 0 Å². The van der Waals surface area contributed by atoms with Crippen molar-refractivity contribution in [2.45, 2.75) is 38.4 Å². The third-order valence-electron chi connectivity index (χ3n) is 3.65. The number of rotatable bonds is 4. The molecule has 0 aromatic rings. The maximum absolute atomic E-state index is 11.9. The molecule has 0 bridgehead atoms. The minimum absolute atomic E-state index is 0.0704. The number of hydrogen-bond acceptors (Lipinski definition) is 2. The monoisotopic (exact) mass is 243 g/mol. The van der Waals surface area contributed by atoms with Crippen LogP contribution in [0.2, 0.25) is 0 Å². The van der Waals surface area contributed by atoms with Crippen LogP contribution in [0.1, 0.15) is 33.1 Å². The van der Waals surface area contributed by atoms with E-state index in [1.807, 2.05) is 18.7 Å². The summed E-state index contributed by atoms with van der Waals surface area (Å²) in [6.45, 7) is 5.27. The molecule has 0 radical (unpaired) electrons. The topological polar surface area (TPSA) is 37.4 Å². The van der Waals surface area contributed by atoms with Crippen LogP contribution in [-0.4, -0.2) is 39.1 Å². The molecule has 0 spiro atoms. The Bertz CT molecular complexity index is 293. The predicted octanol–water partition coefficient (Wildman–Crippen LogP) is 1.40. The van der Waals surface area contributed by atoms with Gasteiger partial charge in [-0.15, -0.1) is 0 Å². The van der Waals surface area contributed by atoms with Crippen LogP contribution >= 0.6 is 0 Å². The first-order chi connectivity index (χ1) is 7.58. The van der Waals surface area contributed by atoms with Gasteiger partial charge in [-0.05, 0) is 18.8 Å². The molecule has 1 aliphatic carbocycles. The first kappa shape index (κ1) is 12.1. The summed E-state index contributed by atoms with van der Waals surface area (Å²) in [4.78, 5) is 13.5. The molecule has 1 heterocycles. The highest BCUT2D eigenvalue weighted by Crippen LogP contribution is 2.29. The second kappa shape index (κ2) is 4.86. The van der Waals surface area contributed by atoms with Gasteiger partial charge in [-0.25, -0.2) is 0 Å². The molecular formula is C12H21NO2S. The lowest BCUT2D eigenvalue weighted by atomic mass is 9.87. The predicted molar refractivity (Wildman–Crippen MR) is 65.6 cm³/mol. The number of nitrogens with zero attached hydrogens (tertiary/aromatic N) is 1. The Hall–Kier alpha value is -0.380. The maximum atomic E-state index is 11.9. The largest absolute Gasteiger partial charge is 0.340 e. The van der Waals surface area contributed by atoms with E-state index in [1.165, 1.54) is 19.3 Å². The average Bonchev–Trinajstić information content (AvgIpc) is 2.08. The van der Waals surface area contributed by atoms with Crippen molar-refractivity contribution in [1.82, 2.24) is 4.90 Å². The lowest BCUT2D eigenvalue weighted by Gasteiger charge is -2.40. The van der Waals surface area contributed by atoms with Crippen molar-refractivity contribution >= 4 is 16.7 Å². The third kappa shape index (κ3) is 2.47. The van der Waals surface area contributed by atoms with Crippen LogP contribution in [0.4, 0.5) is 0 Å². The minimum atomic E-state index is -0.701. The van der Waals surface area contributed by atoms with Gasteiger partial charge in [0.05, 0.1) is 5.25 Å². The molecule has 4 heteroatoms. The number of carbonyl (C=O) groups is 1. The normalized spacial score (nSPS) is 24.1. The molecule has 16 heavy (non-hydrogen) atoms. The maximum Gasteiger partial charge on any atom is 0.225 e. The second-order valence-electron chi connectivity index (χ2n) is 5.36. The summed E-state index contributed by atoms with van der Waals surface area (Å²) in [5.74, 6) is 1.85. The van der Waals surface area contributed by atoms with E-state index in [0.29, 0.717) is 5.92 Å². The molecule has 1 unspecified atom stereocenters. The molecule has 1 aliphatic heterocycles. The molecule has 1 saturated heterocycles. The zero-order valence-electron chi connectivity index (χ0n) is 10.1. The van der Waals surface area contributed by atoms with Gasteiger partial charge in [0.2, 0.25) is 5.91 Å². The van der Waals surface area contributed by atoms with Gasteiger partial charge in [0.1, 0.15) is 0 Å². The van der Waals surface area contributed by atoms with Crippen LogP contribution in [0.25, 0.3) is 0 Å². The average molecular weight is 243 g/mol. The standard InChI is InChI=1S/C12H21NO2S/c1-9(2)12(14)13-6-11(7-13)16(15)8-10-4-3-5-10/h9-11H,3-8H2,1-2H3. The van der Waals surface area contributed by atoms with Crippen molar-refractivity contribution < 1.29 is 9.00 Å². The molecule has 2 rings (SSSR count). The highest BCUT2D eigenvalue weighted by molar-refractivity contribution is 7.85. The number of likely N-dealkylation sites (tertiary alicyclic amines) is 1. The molecule has 3 nitrogen and oxygen atoms in total.